The summed E-state index contributed by atoms with van der Waals surface area (Å²) in [5.74, 6) is -0.694. The Morgan fingerprint density at radius 3 is 2.50 bits per heavy atom. The molecule has 1 rings (SSSR count). The molecule has 0 spiro atoms. The molecule has 0 aliphatic carbocycles. The van der Waals surface area contributed by atoms with Crippen LogP contribution < -0.4 is 4.72 Å². The van der Waals surface area contributed by atoms with Gasteiger partial charge >= 0.3 is 5.97 Å². The van der Waals surface area contributed by atoms with Crippen LogP contribution in [0, 0.1) is 6.92 Å². The summed E-state index contributed by atoms with van der Waals surface area (Å²) < 4.78 is 30.2. The van der Waals surface area contributed by atoms with Gasteiger partial charge in [0.1, 0.15) is 11.4 Å². The lowest BCUT2D eigenvalue weighted by molar-refractivity contribution is -0.139. The molecule has 0 aromatic heterocycles. The maximum Gasteiger partial charge on any atom is 0.320 e. The lowest BCUT2D eigenvalue weighted by Gasteiger charge is -2.09. The standard InChI is InChI=1S/C10H11Cl2NO4S/c1-6-3-9(8(12)4-7(6)11)18(15,16)13-5-10(14)17-2/h3-4,13H,5H2,1-2H3. The molecule has 0 heterocycles. The molecule has 0 atom stereocenters. The van der Waals surface area contributed by atoms with Crippen LogP contribution in [0.2, 0.25) is 10.0 Å². The third kappa shape index (κ3) is 3.58. The van der Waals surface area contributed by atoms with Crippen LogP contribution in [0.4, 0.5) is 0 Å². The van der Waals surface area contributed by atoms with Crippen molar-refractivity contribution in [2.45, 2.75) is 11.8 Å². The summed E-state index contributed by atoms with van der Waals surface area (Å²) >= 11 is 11.6. The average molecular weight is 312 g/mol. The lowest BCUT2D eigenvalue weighted by atomic mass is 10.2. The molecular weight excluding hydrogens is 301 g/mol. The van der Waals surface area contributed by atoms with E-state index in [1.807, 2.05) is 0 Å². The van der Waals surface area contributed by atoms with E-state index in [0.29, 0.717) is 10.6 Å². The highest BCUT2D eigenvalue weighted by Crippen LogP contribution is 2.27. The second-order valence-corrected chi connectivity index (χ2v) is 5.98. The topological polar surface area (TPSA) is 72.5 Å². The summed E-state index contributed by atoms with van der Waals surface area (Å²) in [6.07, 6.45) is 0. The van der Waals surface area contributed by atoms with Crippen molar-refractivity contribution in [2.24, 2.45) is 0 Å². The van der Waals surface area contributed by atoms with Gasteiger partial charge in [-0.05, 0) is 24.6 Å². The SMILES string of the molecule is COC(=O)CNS(=O)(=O)c1cc(C)c(Cl)cc1Cl. The number of carbonyl (C=O) groups is 1. The van der Waals surface area contributed by atoms with E-state index in [4.69, 9.17) is 23.2 Å². The monoisotopic (exact) mass is 311 g/mol. The van der Waals surface area contributed by atoms with Crippen molar-refractivity contribution < 1.29 is 17.9 Å². The number of halogens is 2. The Labute approximate surface area is 115 Å². The Bertz CT molecular complexity index is 571. The summed E-state index contributed by atoms with van der Waals surface area (Å²) in [6.45, 7) is 1.19. The van der Waals surface area contributed by atoms with Gasteiger partial charge in [0.2, 0.25) is 10.0 Å². The van der Waals surface area contributed by atoms with Crippen molar-refractivity contribution in [3.63, 3.8) is 0 Å². The maximum atomic E-state index is 11.9. The minimum atomic E-state index is -3.88. The first-order chi connectivity index (χ1) is 8.27. The molecule has 0 saturated heterocycles. The fourth-order valence-corrected chi connectivity index (χ4v) is 2.94. The predicted octanol–water partition coefficient (Wildman–Crippen LogP) is 1.75. The molecule has 0 aliphatic rings. The van der Waals surface area contributed by atoms with E-state index in [0.717, 1.165) is 7.11 Å². The van der Waals surface area contributed by atoms with Crippen LogP contribution in [0.25, 0.3) is 0 Å². The summed E-state index contributed by atoms with van der Waals surface area (Å²) in [5, 5.41) is 0.356. The van der Waals surface area contributed by atoms with Crippen LogP contribution in [0.1, 0.15) is 5.56 Å². The molecule has 5 nitrogen and oxygen atoms in total. The molecule has 0 radical (unpaired) electrons. The van der Waals surface area contributed by atoms with Crippen molar-refractivity contribution >= 4 is 39.2 Å². The molecule has 8 heteroatoms. The second-order valence-electron chi connectivity index (χ2n) is 3.43. The molecule has 0 unspecified atom stereocenters. The van der Waals surface area contributed by atoms with Crippen LogP contribution >= 0.6 is 23.2 Å². The van der Waals surface area contributed by atoms with E-state index < -0.39 is 22.5 Å². The molecular formula is C10H11Cl2NO4S. The third-order valence-electron chi connectivity index (χ3n) is 2.14. The minimum Gasteiger partial charge on any atom is -0.468 e. The quantitative estimate of drug-likeness (QED) is 0.860. The van der Waals surface area contributed by atoms with Crippen LogP contribution in [0.5, 0.6) is 0 Å². The molecule has 0 amide bonds. The molecule has 0 aliphatic heterocycles. The number of carbonyl (C=O) groups excluding carboxylic acids is 1. The summed E-state index contributed by atoms with van der Waals surface area (Å²) in [5.41, 5.74) is 0.569. The molecule has 1 aromatic carbocycles. The van der Waals surface area contributed by atoms with Gasteiger partial charge in [-0.25, -0.2) is 8.42 Å². The van der Waals surface area contributed by atoms with Gasteiger partial charge in [-0.1, -0.05) is 23.2 Å². The smallest absolute Gasteiger partial charge is 0.320 e. The van der Waals surface area contributed by atoms with Crippen LogP contribution in [0.15, 0.2) is 17.0 Å². The van der Waals surface area contributed by atoms with Gasteiger partial charge in [0.15, 0.2) is 0 Å². The Hall–Kier alpha value is -0.820. The molecule has 0 bridgehead atoms. The highest BCUT2D eigenvalue weighted by Gasteiger charge is 2.20. The zero-order valence-corrected chi connectivity index (χ0v) is 12.0. The zero-order chi connectivity index (χ0) is 13.9. The molecule has 0 fully saturated rings. The van der Waals surface area contributed by atoms with E-state index in [1.54, 1.807) is 6.92 Å². The average Bonchev–Trinajstić information content (AvgIpc) is 2.30. The molecule has 1 N–H and O–H groups in total. The van der Waals surface area contributed by atoms with Gasteiger partial charge in [-0.15, -0.1) is 0 Å². The normalized spacial score (nSPS) is 11.3. The number of ether oxygens (including phenoxy) is 1. The first-order valence-corrected chi connectivity index (χ1v) is 7.04. The van der Waals surface area contributed by atoms with Gasteiger partial charge in [-0.2, -0.15) is 4.72 Å². The van der Waals surface area contributed by atoms with Crippen molar-refractivity contribution in [3.05, 3.63) is 27.7 Å². The molecule has 100 valence electrons. The van der Waals surface area contributed by atoms with E-state index in [1.165, 1.54) is 12.1 Å². The van der Waals surface area contributed by atoms with Crippen molar-refractivity contribution in [2.75, 3.05) is 13.7 Å². The summed E-state index contributed by atoms with van der Waals surface area (Å²) in [7, 11) is -2.71. The van der Waals surface area contributed by atoms with Crippen molar-refractivity contribution in [3.8, 4) is 0 Å². The Morgan fingerprint density at radius 2 is 1.94 bits per heavy atom. The Balaban J connectivity index is 3.06. The Kier molecular flexibility index (Phi) is 4.98. The van der Waals surface area contributed by atoms with E-state index in [2.05, 4.69) is 9.46 Å². The summed E-state index contributed by atoms with van der Waals surface area (Å²) in [4.78, 5) is 10.8. The zero-order valence-electron chi connectivity index (χ0n) is 9.66. The lowest BCUT2D eigenvalue weighted by Crippen LogP contribution is -2.30. The van der Waals surface area contributed by atoms with E-state index >= 15 is 0 Å². The number of sulfonamides is 1. The number of nitrogens with one attached hydrogen (secondary N) is 1. The van der Waals surface area contributed by atoms with Gasteiger partial charge < -0.3 is 4.74 Å². The van der Waals surface area contributed by atoms with Crippen LogP contribution in [0.3, 0.4) is 0 Å². The maximum absolute atomic E-state index is 11.9. The predicted molar refractivity (Wildman–Crippen MR) is 68.4 cm³/mol. The molecule has 18 heavy (non-hydrogen) atoms. The number of esters is 1. The number of benzene rings is 1. The fraction of sp³-hybridized carbons (Fsp3) is 0.300. The number of rotatable bonds is 4. The van der Waals surface area contributed by atoms with Gasteiger partial charge in [0, 0.05) is 5.02 Å². The number of aryl methyl sites for hydroxylation is 1. The highest BCUT2D eigenvalue weighted by atomic mass is 35.5. The number of hydrogen-bond acceptors (Lipinski definition) is 4. The molecule has 1 aromatic rings. The van der Waals surface area contributed by atoms with Crippen molar-refractivity contribution in [1.82, 2.24) is 4.72 Å². The highest BCUT2D eigenvalue weighted by molar-refractivity contribution is 7.89. The van der Waals surface area contributed by atoms with E-state index in [-0.39, 0.29) is 9.92 Å². The third-order valence-corrected chi connectivity index (χ3v) is 4.41. The van der Waals surface area contributed by atoms with Crippen molar-refractivity contribution in [1.29, 1.82) is 0 Å². The van der Waals surface area contributed by atoms with Crippen LogP contribution in [-0.2, 0) is 19.6 Å². The second kappa shape index (κ2) is 5.88. The number of hydrogen-bond donors (Lipinski definition) is 1. The van der Waals surface area contributed by atoms with Gasteiger partial charge in [0.05, 0.1) is 12.1 Å². The molecule has 0 saturated carbocycles. The minimum absolute atomic E-state index is 0.0111. The van der Waals surface area contributed by atoms with Gasteiger partial charge in [-0.3, -0.25) is 4.79 Å². The van der Waals surface area contributed by atoms with Crippen LogP contribution in [-0.4, -0.2) is 28.0 Å². The fourth-order valence-electron chi connectivity index (χ4n) is 1.14. The largest absolute Gasteiger partial charge is 0.468 e. The van der Waals surface area contributed by atoms with Gasteiger partial charge in [0.25, 0.3) is 0 Å². The first-order valence-electron chi connectivity index (χ1n) is 4.80. The number of methoxy groups -OCH3 is 1. The first kappa shape index (κ1) is 15.2. The van der Waals surface area contributed by atoms with E-state index in [9.17, 15) is 13.2 Å². The Morgan fingerprint density at radius 1 is 1.33 bits per heavy atom. The summed E-state index contributed by atoms with van der Waals surface area (Å²) in [6, 6.07) is 2.68.